The van der Waals surface area contributed by atoms with Crippen LogP contribution >= 0.6 is 11.6 Å². The van der Waals surface area contributed by atoms with Crippen LogP contribution in [-0.2, 0) is 17.8 Å². The minimum absolute atomic E-state index is 0.116. The Morgan fingerprint density at radius 1 is 1.19 bits per heavy atom. The van der Waals surface area contributed by atoms with Crippen LogP contribution in [0, 0.1) is 6.92 Å². The summed E-state index contributed by atoms with van der Waals surface area (Å²) >= 11 is 5.99. The lowest BCUT2D eigenvalue weighted by Crippen LogP contribution is -2.28. The summed E-state index contributed by atoms with van der Waals surface area (Å²) in [4.78, 5) is 29.0. The Bertz CT molecular complexity index is 1360. The summed E-state index contributed by atoms with van der Waals surface area (Å²) in [6.45, 7) is 5.69. The summed E-state index contributed by atoms with van der Waals surface area (Å²) < 4.78 is 7.37. The van der Waals surface area contributed by atoms with Crippen molar-refractivity contribution in [3.8, 4) is 0 Å². The largest absolute Gasteiger partial charge is 0.461 e. The molecule has 7 nitrogen and oxygen atoms in total. The standard InChI is InChI=1S/C24H23ClN4O3/c1-4-21-14(2)19-11-18(9-10-22(19)32-21)28-24-26-12-20(27-15(3)30)23(31)29(24)13-16-5-7-17(25)8-6-16/h5-12H,4,13H2,1-3H3,(H,26,28)(H,27,30). The molecule has 0 spiro atoms. The fourth-order valence-corrected chi connectivity index (χ4v) is 3.73. The number of anilines is 3. The quantitative estimate of drug-likeness (QED) is 0.418. The number of aryl methyl sites for hydroxylation is 2. The first-order chi connectivity index (χ1) is 15.4. The predicted octanol–water partition coefficient (Wildman–Crippen LogP) is 5.26. The fourth-order valence-electron chi connectivity index (χ4n) is 3.60. The third kappa shape index (κ3) is 4.38. The van der Waals surface area contributed by atoms with Gasteiger partial charge in [-0.1, -0.05) is 30.7 Å². The molecule has 164 valence electrons. The molecule has 0 saturated carbocycles. The Morgan fingerprint density at radius 3 is 2.62 bits per heavy atom. The minimum Gasteiger partial charge on any atom is -0.461 e. The molecule has 2 N–H and O–H groups in total. The van der Waals surface area contributed by atoms with Crippen LogP contribution in [0.3, 0.4) is 0 Å². The van der Waals surface area contributed by atoms with Gasteiger partial charge in [-0.3, -0.25) is 14.2 Å². The minimum atomic E-state index is -0.360. The van der Waals surface area contributed by atoms with Gasteiger partial charge in [0.15, 0.2) is 0 Å². The first-order valence-electron chi connectivity index (χ1n) is 10.3. The normalized spacial score (nSPS) is 11.0. The average Bonchev–Trinajstić information content (AvgIpc) is 3.09. The van der Waals surface area contributed by atoms with E-state index in [0.717, 1.165) is 40.0 Å². The molecule has 0 saturated heterocycles. The van der Waals surface area contributed by atoms with Crippen molar-refractivity contribution in [1.29, 1.82) is 0 Å². The predicted molar refractivity (Wildman–Crippen MR) is 127 cm³/mol. The maximum atomic E-state index is 13.1. The van der Waals surface area contributed by atoms with E-state index in [1.165, 1.54) is 17.7 Å². The number of benzene rings is 2. The number of halogens is 1. The van der Waals surface area contributed by atoms with Crippen molar-refractivity contribution in [3.05, 3.63) is 80.9 Å². The van der Waals surface area contributed by atoms with Crippen LogP contribution in [0.4, 0.5) is 17.3 Å². The number of hydrogen-bond acceptors (Lipinski definition) is 5. The van der Waals surface area contributed by atoms with E-state index >= 15 is 0 Å². The van der Waals surface area contributed by atoms with E-state index in [0.29, 0.717) is 11.0 Å². The molecule has 4 aromatic rings. The van der Waals surface area contributed by atoms with Crippen molar-refractivity contribution < 1.29 is 9.21 Å². The third-order valence-electron chi connectivity index (χ3n) is 5.22. The van der Waals surface area contributed by atoms with Gasteiger partial charge in [0.05, 0.1) is 12.7 Å². The summed E-state index contributed by atoms with van der Waals surface area (Å²) in [6, 6.07) is 13.0. The van der Waals surface area contributed by atoms with Crippen LogP contribution < -0.4 is 16.2 Å². The highest BCUT2D eigenvalue weighted by molar-refractivity contribution is 6.30. The zero-order valence-corrected chi connectivity index (χ0v) is 18.8. The molecule has 0 atom stereocenters. The average molecular weight is 451 g/mol. The molecular weight excluding hydrogens is 428 g/mol. The van der Waals surface area contributed by atoms with Gasteiger partial charge in [-0.05, 0) is 48.4 Å². The van der Waals surface area contributed by atoms with Gasteiger partial charge in [-0.25, -0.2) is 4.98 Å². The Hall–Kier alpha value is -3.58. The van der Waals surface area contributed by atoms with Gasteiger partial charge in [0.1, 0.15) is 17.0 Å². The van der Waals surface area contributed by atoms with Gasteiger partial charge in [-0.15, -0.1) is 0 Å². The first-order valence-corrected chi connectivity index (χ1v) is 10.6. The van der Waals surface area contributed by atoms with Crippen molar-refractivity contribution in [2.45, 2.75) is 33.7 Å². The van der Waals surface area contributed by atoms with Gasteiger partial charge >= 0.3 is 0 Å². The van der Waals surface area contributed by atoms with E-state index in [1.807, 2.05) is 37.3 Å². The molecule has 2 aromatic carbocycles. The molecule has 8 heteroatoms. The number of fused-ring (bicyclic) bond motifs is 1. The van der Waals surface area contributed by atoms with E-state index in [-0.39, 0.29) is 23.7 Å². The molecule has 0 aliphatic rings. The van der Waals surface area contributed by atoms with Crippen molar-refractivity contribution in [3.63, 3.8) is 0 Å². The molecule has 4 rings (SSSR count). The van der Waals surface area contributed by atoms with Crippen molar-refractivity contribution in [2.75, 3.05) is 10.6 Å². The van der Waals surface area contributed by atoms with E-state index < -0.39 is 0 Å². The summed E-state index contributed by atoms with van der Waals surface area (Å²) in [5, 5.41) is 7.41. The van der Waals surface area contributed by atoms with Crippen LogP contribution in [0.1, 0.15) is 30.7 Å². The molecular formula is C24H23ClN4O3. The number of carbonyl (C=O) groups excluding carboxylic acids is 1. The maximum Gasteiger partial charge on any atom is 0.279 e. The number of amides is 1. The van der Waals surface area contributed by atoms with Crippen molar-refractivity contribution in [1.82, 2.24) is 9.55 Å². The molecule has 32 heavy (non-hydrogen) atoms. The molecule has 0 aliphatic heterocycles. The van der Waals surface area contributed by atoms with Crippen LogP contribution in [-0.4, -0.2) is 15.5 Å². The number of hydrogen-bond donors (Lipinski definition) is 2. The second-order valence-electron chi connectivity index (χ2n) is 7.53. The Kier molecular flexibility index (Phi) is 6.01. The molecule has 0 unspecified atom stereocenters. The molecule has 0 aliphatic carbocycles. The van der Waals surface area contributed by atoms with E-state index in [2.05, 4.69) is 22.5 Å². The Labute approximate surface area is 190 Å². The summed E-state index contributed by atoms with van der Waals surface area (Å²) in [7, 11) is 0. The lowest BCUT2D eigenvalue weighted by atomic mass is 10.1. The van der Waals surface area contributed by atoms with Crippen LogP contribution in [0.2, 0.25) is 5.02 Å². The number of furan rings is 1. The fraction of sp³-hybridized carbons (Fsp3) is 0.208. The highest BCUT2D eigenvalue weighted by Crippen LogP contribution is 2.29. The second kappa shape index (κ2) is 8.88. The van der Waals surface area contributed by atoms with Gasteiger partial charge in [-0.2, -0.15) is 0 Å². The SMILES string of the molecule is CCc1oc2ccc(Nc3ncc(NC(C)=O)c(=O)n3Cc3ccc(Cl)cc3)cc2c1C. The topological polar surface area (TPSA) is 89.2 Å². The highest BCUT2D eigenvalue weighted by Gasteiger charge is 2.14. The van der Waals surface area contributed by atoms with Gasteiger partial charge in [0, 0.05) is 29.4 Å². The Morgan fingerprint density at radius 2 is 1.94 bits per heavy atom. The monoisotopic (exact) mass is 450 g/mol. The first kappa shape index (κ1) is 21.6. The Balaban J connectivity index is 1.75. The van der Waals surface area contributed by atoms with Crippen LogP contribution in [0.15, 0.2) is 57.9 Å². The van der Waals surface area contributed by atoms with Crippen molar-refractivity contribution in [2.24, 2.45) is 0 Å². The summed E-state index contributed by atoms with van der Waals surface area (Å²) in [5.74, 6) is 0.972. The number of aromatic nitrogens is 2. The van der Waals surface area contributed by atoms with Crippen LogP contribution in [0.5, 0.6) is 0 Å². The van der Waals surface area contributed by atoms with Gasteiger partial charge in [0.2, 0.25) is 11.9 Å². The molecule has 2 aromatic heterocycles. The lowest BCUT2D eigenvalue weighted by molar-refractivity contribution is -0.114. The molecule has 1 amide bonds. The van der Waals surface area contributed by atoms with Crippen LogP contribution in [0.25, 0.3) is 11.0 Å². The molecule has 0 radical (unpaired) electrons. The third-order valence-corrected chi connectivity index (χ3v) is 5.48. The zero-order chi connectivity index (χ0) is 22.8. The maximum absolute atomic E-state index is 13.1. The number of rotatable bonds is 6. The van der Waals surface area contributed by atoms with Gasteiger partial charge < -0.3 is 15.1 Å². The number of nitrogens with zero attached hydrogens (tertiary/aromatic N) is 2. The highest BCUT2D eigenvalue weighted by atomic mass is 35.5. The molecule has 0 bridgehead atoms. The lowest BCUT2D eigenvalue weighted by Gasteiger charge is -2.15. The molecule has 0 fully saturated rings. The van der Waals surface area contributed by atoms with E-state index in [4.69, 9.17) is 16.0 Å². The number of carbonyl (C=O) groups is 1. The van der Waals surface area contributed by atoms with E-state index in [9.17, 15) is 9.59 Å². The zero-order valence-electron chi connectivity index (χ0n) is 18.0. The molecule has 2 heterocycles. The second-order valence-corrected chi connectivity index (χ2v) is 7.97. The van der Waals surface area contributed by atoms with E-state index in [1.54, 1.807) is 12.1 Å². The van der Waals surface area contributed by atoms with Gasteiger partial charge in [0.25, 0.3) is 5.56 Å². The summed E-state index contributed by atoms with van der Waals surface area (Å²) in [5.41, 5.74) is 3.31. The van der Waals surface area contributed by atoms with Crippen molar-refractivity contribution >= 4 is 45.8 Å². The summed E-state index contributed by atoms with van der Waals surface area (Å²) in [6.07, 6.45) is 2.18. The smallest absolute Gasteiger partial charge is 0.279 e. The number of nitrogens with one attached hydrogen (secondary N) is 2.